The third kappa shape index (κ3) is 3.31. The van der Waals surface area contributed by atoms with Crippen molar-refractivity contribution in [1.29, 1.82) is 0 Å². The van der Waals surface area contributed by atoms with Crippen LogP contribution < -0.4 is 0 Å². The van der Waals surface area contributed by atoms with E-state index in [4.69, 9.17) is 16.7 Å². The second kappa shape index (κ2) is 5.37. The van der Waals surface area contributed by atoms with Gasteiger partial charge in [-0.2, -0.15) is 0 Å². The molecule has 0 saturated carbocycles. The maximum atomic E-state index is 10.3. The number of carboxylic acids is 1. The molecule has 0 radical (unpaired) electrons. The summed E-state index contributed by atoms with van der Waals surface area (Å²) in [6.45, 7) is 0. The normalized spacial score (nSPS) is 12.4. The van der Waals surface area contributed by atoms with Gasteiger partial charge in [0.15, 0.2) is 0 Å². The van der Waals surface area contributed by atoms with Crippen LogP contribution in [0.1, 0.15) is 23.8 Å². The molecule has 0 aliphatic heterocycles. The average Bonchev–Trinajstić information content (AvgIpc) is 2.15. The van der Waals surface area contributed by atoms with E-state index < -0.39 is 5.97 Å². The Hall–Kier alpha value is -0.540. The highest BCUT2D eigenvalue weighted by molar-refractivity contribution is 9.10. The summed E-state index contributed by atoms with van der Waals surface area (Å²) in [5, 5.41) is 8.26. The fourth-order valence-corrected chi connectivity index (χ4v) is 2.13. The topological polar surface area (TPSA) is 37.3 Å². The molecule has 1 atom stereocenters. The fourth-order valence-electron chi connectivity index (χ4n) is 1.13. The van der Waals surface area contributed by atoms with Crippen LogP contribution in [-0.2, 0) is 4.79 Å². The van der Waals surface area contributed by atoms with Crippen molar-refractivity contribution in [2.24, 2.45) is 0 Å². The minimum Gasteiger partial charge on any atom is -0.481 e. The van der Waals surface area contributed by atoms with E-state index in [0.717, 1.165) is 10.0 Å². The molecule has 0 heterocycles. The first-order valence-electron chi connectivity index (χ1n) is 4.21. The SMILES string of the molecule is O=C(O)CC[C@H](Cl)c1ccccc1Br. The first-order valence-corrected chi connectivity index (χ1v) is 5.44. The first-order chi connectivity index (χ1) is 6.61. The molecule has 76 valence electrons. The smallest absolute Gasteiger partial charge is 0.303 e. The van der Waals surface area contributed by atoms with Crippen LogP contribution >= 0.6 is 27.5 Å². The maximum absolute atomic E-state index is 10.3. The van der Waals surface area contributed by atoms with Crippen molar-refractivity contribution in [3.8, 4) is 0 Å². The zero-order valence-corrected chi connectivity index (χ0v) is 9.75. The number of halogens is 2. The molecular weight excluding hydrogens is 267 g/mol. The lowest BCUT2D eigenvalue weighted by Crippen LogP contribution is -1.98. The number of alkyl halides is 1. The third-order valence-corrected chi connectivity index (χ3v) is 3.03. The molecule has 0 amide bonds. The molecule has 0 bridgehead atoms. The van der Waals surface area contributed by atoms with Crippen LogP contribution in [0, 0.1) is 0 Å². The first kappa shape index (κ1) is 11.5. The van der Waals surface area contributed by atoms with E-state index in [1.54, 1.807) is 0 Å². The van der Waals surface area contributed by atoms with Gasteiger partial charge in [0.05, 0.1) is 5.38 Å². The lowest BCUT2D eigenvalue weighted by atomic mass is 10.1. The highest BCUT2D eigenvalue weighted by Gasteiger charge is 2.12. The molecule has 14 heavy (non-hydrogen) atoms. The summed E-state index contributed by atoms with van der Waals surface area (Å²) >= 11 is 9.43. The van der Waals surface area contributed by atoms with Gasteiger partial charge in [-0.15, -0.1) is 11.6 Å². The van der Waals surface area contributed by atoms with Crippen LogP contribution in [0.5, 0.6) is 0 Å². The van der Waals surface area contributed by atoms with Gasteiger partial charge >= 0.3 is 5.97 Å². The van der Waals surface area contributed by atoms with Crippen molar-refractivity contribution in [3.63, 3.8) is 0 Å². The molecule has 1 N–H and O–H groups in total. The van der Waals surface area contributed by atoms with Gasteiger partial charge in [0.2, 0.25) is 0 Å². The molecule has 1 rings (SSSR count). The Kier molecular flexibility index (Phi) is 4.42. The largest absolute Gasteiger partial charge is 0.481 e. The molecule has 0 aliphatic rings. The quantitative estimate of drug-likeness (QED) is 0.854. The molecule has 0 aliphatic carbocycles. The fraction of sp³-hybridized carbons (Fsp3) is 0.300. The minimum atomic E-state index is -0.817. The molecule has 0 fully saturated rings. The van der Waals surface area contributed by atoms with Gasteiger partial charge in [0.25, 0.3) is 0 Å². The molecule has 1 aromatic rings. The molecule has 2 nitrogen and oxygen atoms in total. The number of aliphatic carboxylic acids is 1. The summed E-state index contributed by atoms with van der Waals surface area (Å²) in [5.41, 5.74) is 0.940. The lowest BCUT2D eigenvalue weighted by molar-refractivity contribution is -0.137. The van der Waals surface area contributed by atoms with E-state index in [0.29, 0.717) is 6.42 Å². The molecule has 4 heteroatoms. The van der Waals surface area contributed by atoms with Crippen molar-refractivity contribution < 1.29 is 9.90 Å². The van der Waals surface area contributed by atoms with Crippen LogP contribution in [0.25, 0.3) is 0 Å². The van der Waals surface area contributed by atoms with Gasteiger partial charge in [-0.3, -0.25) is 4.79 Å². The lowest BCUT2D eigenvalue weighted by Gasteiger charge is -2.09. The van der Waals surface area contributed by atoms with Crippen molar-refractivity contribution >= 4 is 33.5 Å². The van der Waals surface area contributed by atoms with Crippen LogP contribution in [-0.4, -0.2) is 11.1 Å². The highest BCUT2D eigenvalue weighted by atomic mass is 79.9. The Balaban J connectivity index is 2.65. The molecule has 1 aromatic carbocycles. The summed E-state index contributed by atoms with van der Waals surface area (Å²) < 4.78 is 0.922. The highest BCUT2D eigenvalue weighted by Crippen LogP contribution is 2.31. The number of carboxylic acid groups (broad SMARTS) is 1. The summed E-state index contributed by atoms with van der Waals surface area (Å²) in [6, 6.07) is 7.57. The molecular formula is C10H10BrClO2. The van der Waals surface area contributed by atoms with Gasteiger partial charge < -0.3 is 5.11 Å². The molecule has 0 spiro atoms. The standard InChI is InChI=1S/C10H10BrClO2/c11-8-4-2-1-3-7(8)9(12)5-6-10(13)14/h1-4,9H,5-6H2,(H,13,14)/t9-/m0/s1. The molecule has 0 saturated heterocycles. The maximum Gasteiger partial charge on any atom is 0.303 e. The van der Waals surface area contributed by atoms with Crippen LogP contribution in [0.3, 0.4) is 0 Å². The summed E-state index contributed by atoms with van der Waals surface area (Å²) in [4.78, 5) is 10.3. The van der Waals surface area contributed by atoms with E-state index >= 15 is 0 Å². The Bertz CT molecular complexity index is 328. The second-order valence-corrected chi connectivity index (χ2v) is 4.30. The number of benzene rings is 1. The van der Waals surface area contributed by atoms with Crippen LogP contribution in [0.2, 0.25) is 0 Å². The zero-order valence-electron chi connectivity index (χ0n) is 7.41. The average molecular weight is 278 g/mol. The van der Waals surface area contributed by atoms with Gasteiger partial charge in [-0.25, -0.2) is 0 Å². The number of hydrogen-bond donors (Lipinski definition) is 1. The van der Waals surface area contributed by atoms with Gasteiger partial charge in [-0.1, -0.05) is 34.1 Å². The van der Waals surface area contributed by atoms with Crippen LogP contribution in [0.15, 0.2) is 28.7 Å². The summed E-state index contributed by atoms with van der Waals surface area (Å²) in [6.07, 6.45) is 0.537. The van der Waals surface area contributed by atoms with E-state index in [-0.39, 0.29) is 11.8 Å². The Morgan fingerprint density at radius 2 is 2.14 bits per heavy atom. The predicted molar refractivity (Wildman–Crippen MR) is 59.6 cm³/mol. The number of hydrogen-bond acceptors (Lipinski definition) is 1. The summed E-state index contributed by atoms with van der Waals surface area (Å²) in [7, 11) is 0. The monoisotopic (exact) mass is 276 g/mol. The Labute approximate surface area is 96.0 Å². The Morgan fingerprint density at radius 3 is 2.71 bits per heavy atom. The predicted octanol–water partition coefficient (Wildman–Crippen LogP) is 3.59. The third-order valence-electron chi connectivity index (χ3n) is 1.85. The number of carbonyl (C=O) groups is 1. The van der Waals surface area contributed by atoms with Crippen molar-refractivity contribution in [3.05, 3.63) is 34.3 Å². The molecule has 0 unspecified atom stereocenters. The van der Waals surface area contributed by atoms with Gasteiger partial charge in [-0.05, 0) is 18.1 Å². The minimum absolute atomic E-state index is 0.0928. The van der Waals surface area contributed by atoms with Crippen LogP contribution in [0.4, 0.5) is 0 Å². The van der Waals surface area contributed by atoms with Crippen molar-refractivity contribution in [2.75, 3.05) is 0 Å². The summed E-state index contributed by atoms with van der Waals surface area (Å²) in [5.74, 6) is -0.817. The van der Waals surface area contributed by atoms with E-state index in [1.807, 2.05) is 24.3 Å². The van der Waals surface area contributed by atoms with Gasteiger partial charge in [0, 0.05) is 10.9 Å². The molecule has 0 aromatic heterocycles. The number of rotatable bonds is 4. The Morgan fingerprint density at radius 1 is 1.50 bits per heavy atom. The van der Waals surface area contributed by atoms with Crippen molar-refractivity contribution in [1.82, 2.24) is 0 Å². The second-order valence-electron chi connectivity index (χ2n) is 2.92. The van der Waals surface area contributed by atoms with Crippen molar-refractivity contribution in [2.45, 2.75) is 18.2 Å². The zero-order chi connectivity index (χ0) is 10.6. The van der Waals surface area contributed by atoms with Gasteiger partial charge in [0.1, 0.15) is 0 Å². The van der Waals surface area contributed by atoms with E-state index in [2.05, 4.69) is 15.9 Å². The van der Waals surface area contributed by atoms with E-state index in [1.165, 1.54) is 0 Å². The van der Waals surface area contributed by atoms with E-state index in [9.17, 15) is 4.79 Å².